The lowest BCUT2D eigenvalue weighted by Gasteiger charge is -2.39. The smallest absolute Gasteiger partial charge is 0.340 e. The van der Waals surface area contributed by atoms with Gasteiger partial charge in [0.15, 0.2) is 0 Å². The Morgan fingerprint density at radius 2 is 1.72 bits per heavy atom. The number of hydrogen-bond acceptors (Lipinski definition) is 7. The molecule has 1 aliphatic rings. The van der Waals surface area contributed by atoms with Crippen LogP contribution in [0.4, 0.5) is 5.69 Å². The van der Waals surface area contributed by atoms with E-state index in [1.807, 2.05) is 6.07 Å². The van der Waals surface area contributed by atoms with Crippen molar-refractivity contribution in [2.45, 2.75) is 19.2 Å². The summed E-state index contributed by atoms with van der Waals surface area (Å²) in [5.41, 5.74) is 2.03. The Labute approximate surface area is 229 Å². The van der Waals surface area contributed by atoms with Gasteiger partial charge in [-0.15, -0.1) is 0 Å². The lowest BCUT2D eigenvalue weighted by molar-refractivity contribution is -0.136. The summed E-state index contributed by atoms with van der Waals surface area (Å²) in [6.07, 6.45) is -0.141. The Bertz CT molecular complexity index is 1390. The van der Waals surface area contributed by atoms with Crippen molar-refractivity contribution in [1.82, 2.24) is 10.2 Å². The number of ether oxygens (including phenoxy) is 2. The third-order valence-electron chi connectivity index (χ3n) is 6.02. The van der Waals surface area contributed by atoms with Gasteiger partial charge in [-0.3, -0.25) is 14.5 Å². The number of esters is 1. The summed E-state index contributed by atoms with van der Waals surface area (Å²) in [4.78, 5) is 50.4. The highest BCUT2D eigenvalue weighted by Gasteiger charge is 2.29. The van der Waals surface area contributed by atoms with E-state index in [9.17, 15) is 19.2 Å². The van der Waals surface area contributed by atoms with Crippen molar-refractivity contribution in [1.29, 1.82) is 0 Å². The number of rotatable bonds is 9. The van der Waals surface area contributed by atoms with Crippen LogP contribution in [0, 0.1) is 0 Å². The maximum absolute atomic E-state index is 12.4. The van der Waals surface area contributed by atoms with Crippen LogP contribution in [0.2, 0.25) is 5.02 Å². The van der Waals surface area contributed by atoms with E-state index in [1.165, 1.54) is 19.2 Å². The Hall–Kier alpha value is -4.41. The summed E-state index contributed by atoms with van der Waals surface area (Å²) in [5, 5.41) is 14.7. The number of hydrogen-bond donors (Lipinski definition) is 3. The van der Waals surface area contributed by atoms with Crippen molar-refractivity contribution in [3.05, 3.63) is 94.0 Å². The normalized spacial score (nSPS) is 13.2. The molecule has 1 heterocycles. The molecule has 1 fully saturated rings. The number of aromatic carboxylic acids is 1. The van der Waals surface area contributed by atoms with E-state index >= 15 is 0 Å². The summed E-state index contributed by atoms with van der Waals surface area (Å²) >= 11 is 5.85. The van der Waals surface area contributed by atoms with E-state index < -0.39 is 23.8 Å². The molecule has 0 unspecified atom stereocenters. The first-order chi connectivity index (χ1) is 18.7. The zero-order chi connectivity index (χ0) is 27.9. The van der Waals surface area contributed by atoms with E-state index in [0.29, 0.717) is 30.4 Å². The molecule has 0 atom stereocenters. The van der Waals surface area contributed by atoms with Gasteiger partial charge in [-0.1, -0.05) is 35.9 Å². The maximum Gasteiger partial charge on any atom is 0.340 e. The summed E-state index contributed by atoms with van der Waals surface area (Å²) in [6, 6.07) is 18.1. The minimum Gasteiger partial charge on any atom is -0.488 e. The van der Waals surface area contributed by atoms with Gasteiger partial charge >= 0.3 is 23.8 Å². The molecule has 1 aliphatic heterocycles. The molecule has 0 aromatic heterocycles. The lowest BCUT2D eigenvalue weighted by atomic mass is 10.1. The van der Waals surface area contributed by atoms with Crippen LogP contribution in [-0.2, 0) is 27.4 Å². The molecule has 202 valence electrons. The van der Waals surface area contributed by atoms with Crippen molar-refractivity contribution in [3.8, 4) is 5.75 Å². The highest BCUT2D eigenvalue weighted by molar-refractivity contribution is 6.40. The van der Waals surface area contributed by atoms with Gasteiger partial charge in [0.1, 0.15) is 11.9 Å². The second-order valence-corrected chi connectivity index (χ2v) is 9.34. The monoisotopic (exact) mass is 551 g/mol. The molecule has 3 aromatic carbocycles. The van der Waals surface area contributed by atoms with Crippen LogP contribution >= 0.6 is 11.6 Å². The molecule has 0 saturated carbocycles. The van der Waals surface area contributed by atoms with Gasteiger partial charge in [0, 0.05) is 31.2 Å². The topological polar surface area (TPSA) is 134 Å². The molecule has 3 N–H and O–H groups in total. The molecule has 0 radical (unpaired) electrons. The zero-order valence-corrected chi connectivity index (χ0v) is 21.7. The molecule has 39 heavy (non-hydrogen) atoms. The van der Waals surface area contributed by atoms with Gasteiger partial charge < -0.3 is 25.2 Å². The quantitative estimate of drug-likeness (QED) is 0.272. The van der Waals surface area contributed by atoms with Gasteiger partial charge in [0.05, 0.1) is 23.9 Å². The molecule has 10 nitrogen and oxygen atoms in total. The Kier molecular flexibility index (Phi) is 8.80. The van der Waals surface area contributed by atoms with Crippen LogP contribution < -0.4 is 15.4 Å². The number of anilines is 1. The van der Waals surface area contributed by atoms with Crippen LogP contribution in [-0.4, -0.2) is 60.1 Å². The van der Waals surface area contributed by atoms with Gasteiger partial charge in [0.2, 0.25) is 0 Å². The van der Waals surface area contributed by atoms with E-state index in [0.717, 1.165) is 11.1 Å². The van der Waals surface area contributed by atoms with Gasteiger partial charge in [-0.2, -0.15) is 0 Å². The van der Waals surface area contributed by atoms with Crippen LogP contribution in [0.5, 0.6) is 5.75 Å². The van der Waals surface area contributed by atoms with Crippen LogP contribution in [0.1, 0.15) is 31.8 Å². The average molecular weight is 552 g/mol. The minimum atomic E-state index is -0.971. The summed E-state index contributed by atoms with van der Waals surface area (Å²) in [7, 11) is 1.21. The number of benzene rings is 3. The zero-order valence-electron chi connectivity index (χ0n) is 21.0. The molecule has 0 aliphatic carbocycles. The first-order valence-corrected chi connectivity index (χ1v) is 12.4. The first-order valence-electron chi connectivity index (χ1n) is 12.0. The number of carboxylic acid groups (broad SMARTS) is 1. The molecule has 11 heteroatoms. The van der Waals surface area contributed by atoms with E-state index in [1.54, 1.807) is 48.5 Å². The number of nitrogens with zero attached hydrogens (tertiary/aromatic N) is 1. The van der Waals surface area contributed by atoms with Crippen LogP contribution in [0.3, 0.4) is 0 Å². The van der Waals surface area contributed by atoms with Crippen LogP contribution in [0.15, 0.2) is 66.7 Å². The highest BCUT2D eigenvalue weighted by Crippen LogP contribution is 2.26. The predicted molar refractivity (Wildman–Crippen MR) is 143 cm³/mol. The number of halogens is 1. The molecule has 1 saturated heterocycles. The van der Waals surface area contributed by atoms with E-state index in [4.69, 9.17) is 26.2 Å². The average Bonchev–Trinajstić information content (AvgIpc) is 2.91. The summed E-state index contributed by atoms with van der Waals surface area (Å²) < 4.78 is 10.8. The second kappa shape index (κ2) is 12.4. The van der Waals surface area contributed by atoms with Gasteiger partial charge in [-0.05, 0) is 53.6 Å². The fourth-order valence-electron chi connectivity index (χ4n) is 4.01. The van der Waals surface area contributed by atoms with E-state index in [-0.39, 0.29) is 29.5 Å². The Balaban J connectivity index is 1.33. The summed E-state index contributed by atoms with van der Waals surface area (Å²) in [6.45, 7) is 1.93. The Morgan fingerprint density at radius 1 is 0.974 bits per heavy atom. The fraction of sp³-hybridized carbons (Fsp3) is 0.214. The van der Waals surface area contributed by atoms with Crippen molar-refractivity contribution in [2.24, 2.45) is 0 Å². The predicted octanol–water partition coefficient (Wildman–Crippen LogP) is 3.34. The molecular weight excluding hydrogens is 526 g/mol. The number of carbonyl (C=O) groups is 4. The van der Waals surface area contributed by atoms with Crippen molar-refractivity contribution in [2.75, 3.05) is 25.5 Å². The standard InChI is InChI=1S/C28H26ClN3O7/c1-38-28(37)23-12-21(39-22-15-32(16-22)14-18-3-2-4-19(11-18)27(35)36)9-10-24(23)31-26(34)25(33)30-13-17-5-7-20(29)8-6-17/h2-12,22H,13-16H2,1H3,(H,30,33)(H,31,34)(H,35,36). The Morgan fingerprint density at radius 3 is 2.41 bits per heavy atom. The third kappa shape index (κ3) is 7.34. The lowest BCUT2D eigenvalue weighted by Crippen LogP contribution is -2.53. The van der Waals surface area contributed by atoms with Gasteiger partial charge in [0.25, 0.3) is 0 Å². The number of amides is 2. The SMILES string of the molecule is COC(=O)c1cc(OC2CN(Cc3cccc(C(=O)O)c3)C2)ccc1NC(=O)C(=O)NCc1ccc(Cl)cc1. The maximum atomic E-state index is 12.4. The molecule has 2 amide bonds. The number of nitrogens with one attached hydrogen (secondary N) is 2. The van der Waals surface area contributed by atoms with Gasteiger partial charge in [-0.25, -0.2) is 9.59 Å². The van der Waals surface area contributed by atoms with Crippen LogP contribution in [0.25, 0.3) is 0 Å². The number of likely N-dealkylation sites (tertiary alicyclic amines) is 1. The molecule has 0 spiro atoms. The molecule has 0 bridgehead atoms. The second-order valence-electron chi connectivity index (χ2n) is 8.90. The van der Waals surface area contributed by atoms with Crippen molar-refractivity contribution < 1.29 is 33.8 Å². The molecule has 3 aromatic rings. The summed E-state index contributed by atoms with van der Waals surface area (Å²) in [5.74, 6) is -3.08. The largest absolute Gasteiger partial charge is 0.488 e. The van der Waals surface area contributed by atoms with E-state index in [2.05, 4.69) is 15.5 Å². The van der Waals surface area contributed by atoms with Crippen molar-refractivity contribution in [3.63, 3.8) is 0 Å². The third-order valence-corrected chi connectivity index (χ3v) is 6.28. The number of methoxy groups -OCH3 is 1. The van der Waals surface area contributed by atoms with Crippen molar-refractivity contribution >= 4 is 41.0 Å². The first kappa shape index (κ1) is 27.6. The molecular formula is C28H26ClN3O7. The molecule has 4 rings (SSSR count). The number of carbonyl (C=O) groups excluding carboxylic acids is 3. The number of carboxylic acids is 1. The highest BCUT2D eigenvalue weighted by atomic mass is 35.5. The minimum absolute atomic E-state index is 0.0375. The fourth-order valence-corrected chi connectivity index (χ4v) is 4.13.